The van der Waals surface area contributed by atoms with Crippen molar-refractivity contribution >= 4 is 20.5 Å². The average Bonchev–Trinajstić information content (AvgIpc) is 2.18. The van der Waals surface area contributed by atoms with Gasteiger partial charge in [0, 0.05) is 13.2 Å². The molecule has 0 aliphatic carbocycles. The van der Waals surface area contributed by atoms with Gasteiger partial charge in [-0.1, -0.05) is 0 Å². The zero-order valence-corrected chi connectivity index (χ0v) is 13.9. The Kier molecular flexibility index (Phi) is 3.67. The number of hydrogen-bond acceptors (Lipinski definition) is 3. The quantitative estimate of drug-likeness (QED) is 0.612. The fraction of sp³-hybridized carbons (Fsp3) is 1.00. The molecule has 0 aromatic carbocycles. The van der Waals surface area contributed by atoms with E-state index in [9.17, 15) is 0 Å². The summed E-state index contributed by atoms with van der Waals surface area (Å²) in [6.45, 7) is 1.72. The average molecular weight is 246 g/mol. The van der Waals surface area contributed by atoms with Crippen molar-refractivity contribution in [2.45, 2.75) is 49.3 Å². The van der Waals surface area contributed by atoms with Crippen LogP contribution < -0.4 is 0 Å². The highest BCUT2D eigenvalue weighted by Crippen LogP contribution is 2.32. The molecule has 0 spiro atoms. The van der Waals surface area contributed by atoms with Crippen molar-refractivity contribution in [1.82, 2.24) is 0 Å². The minimum atomic E-state index is -0.253. The Bertz CT molecular complexity index is 189. The van der Waals surface area contributed by atoms with Crippen LogP contribution in [-0.2, 0) is 14.2 Å². The van der Waals surface area contributed by atoms with Gasteiger partial charge in [-0.3, -0.25) is 0 Å². The molecule has 2 aliphatic rings. The summed E-state index contributed by atoms with van der Waals surface area (Å²) in [5.74, 6) is 0. The van der Waals surface area contributed by atoms with Crippen LogP contribution in [0.25, 0.3) is 0 Å². The van der Waals surface area contributed by atoms with E-state index in [1.807, 2.05) is 0 Å². The predicted octanol–water partition coefficient (Wildman–Crippen LogP) is -0.558. The van der Waals surface area contributed by atoms with Gasteiger partial charge >= 0.3 is 0 Å². The minimum Gasteiger partial charge on any atom is -0.355 e. The van der Waals surface area contributed by atoms with E-state index in [0.29, 0.717) is 0 Å². The Labute approximate surface area is 97.7 Å². The number of rotatable bonds is 2. The maximum Gasteiger partial charge on any atom is 0.144 e. The molecule has 0 radical (unpaired) electrons. The van der Waals surface area contributed by atoms with Gasteiger partial charge in [0.25, 0.3) is 0 Å². The third-order valence-electron chi connectivity index (χ3n) is 3.30. The second-order valence-electron chi connectivity index (χ2n) is 4.98. The first-order valence-electron chi connectivity index (χ1n) is 6.10. The van der Waals surface area contributed by atoms with Gasteiger partial charge < -0.3 is 14.2 Å². The zero-order valence-electron chi connectivity index (χ0n) is 9.88. The van der Waals surface area contributed by atoms with Crippen LogP contribution in [0.3, 0.4) is 0 Å². The van der Waals surface area contributed by atoms with E-state index in [-0.39, 0.29) is 10.8 Å². The minimum absolute atomic E-state index is 0.253. The lowest BCUT2D eigenvalue weighted by Gasteiger charge is -2.43. The third-order valence-corrected chi connectivity index (χ3v) is 5.28. The van der Waals surface area contributed by atoms with Crippen LogP contribution in [0.15, 0.2) is 0 Å². The second kappa shape index (κ2) is 4.67. The summed E-state index contributed by atoms with van der Waals surface area (Å²) in [5, 5.41) is 0. The fourth-order valence-corrected chi connectivity index (χ4v) is 4.82. The molecule has 2 rings (SSSR count). The molecule has 3 nitrogen and oxygen atoms in total. The van der Waals surface area contributed by atoms with Gasteiger partial charge in [0.2, 0.25) is 0 Å². The third kappa shape index (κ3) is 3.13. The molecule has 0 aromatic heterocycles. The zero-order chi connectivity index (χ0) is 10.8. The van der Waals surface area contributed by atoms with Gasteiger partial charge in [-0.05, 0) is 38.5 Å². The van der Waals surface area contributed by atoms with Crippen LogP contribution in [0.1, 0.15) is 38.5 Å². The Balaban J connectivity index is 1.93. The van der Waals surface area contributed by atoms with Crippen LogP contribution in [0, 0.1) is 0 Å². The highest BCUT2D eigenvalue weighted by molar-refractivity contribution is 6.16. The summed E-state index contributed by atoms with van der Waals surface area (Å²) >= 11 is 0. The lowest BCUT2D eigenvalue weighted by Crippen LogP contribution is -2.51. The molecule has 2 unspecified atom stereocenters. The van der Waals surface area contributed by atoms with Gasteiger partial charge in [0.1, 0.15) is 10.8 Å². The molecule has 15 heavy (non-hydrogen) atoms. The topological polar surface area (TPSA) is 27.7 Å². The van der Waals surface area contributed by atoms with Gasteiger partial charge in [-0.2, -0.15) is 0 Å². The predicted molar refractivity (Wildman–Crippen MR) is 66.0 cm³/mol. The lowest BCUT2D eigenvalue weighted by molar-refractivity contribution is -0.309. The first kappa shape index (κ1) is 11.8. The van der Waals surface area contributed by atoms with Crippen LogP contribution >= 0.6 is 0 Å². The monoisotopic (exact) mass is 246 g/mol. The van der Waals surface area contributed by atoms with Crippen molar-refractivity contribution in [3.8, 4) is 0 Å². The molecular weight excluding hydrogens is 224 g/mol. The highest BCUT2D eigenvalue weighted by Gasteiger charge is 2.38. The van der Waals surface area contributed by atoms with Gasteiger partial charge in [-0.15, -0.1) is 0 Å². The lowest BCUT2D eigenvalue weighted by atomic mass is 10.2. The van der Waals surface area contributed by atoms with E-state index in [4.69, 9.17) is 14.2 Å². The first-order chi connectivity index (χ1) is 7.12. The standard InChI is InChI=1S/C10H22O3Si2/c14-9(5-1-3-7-11-9)13-10(15)6-2-4-8-12-10/h1-8H2,14-15H3. The van der Waals surface area contributed by atoms with Gasteiger partial charge in [0.15, 0.2) is 0 Å². The van der Waals surface area contributed by atoms with Gasteiger partial charge in [0.05, 0.1) is 20.5 Å². The summed E-state index contributed by atoms with van der Waals surface area (Å²) in [4.78, 5) is 0. The molecular formula is C10H22O3Si2. The SMILES string of the molecule is [SiH3]C1(OC2([SiH3])CCCCO2)CCCCO1. The normalized spacial score (nSPS) is 43.2. The second-order valence-corrected chi connectivity index (χ2v) is 8.03. The van der Waals surface area contributed by atoms with Crippen molar-refractivity contribution in [2.24, 2.45) is 0 Å². The number of hydrogen-bond donors (Lipinski definition) is 0. The molecule has 0 aromatic rings. The fourth-order valence-electron chi connectivity index (χ4n) is 2.43. The molecule has 2 atom stereocenters. The highest BCUT2D eigenvalue weighted by atomic mass is 28.2. The molecule has 0 N–H and O–H groups in total. The van der Waals surface area contributed by atoms with Crippen molar-refractivity contribution in [3.05, 3.63) is 0 Å². The van der Waals surface area contributed by atoms with Gasteiger partial charge in [-0.25, -0.2) is 0 Å². The molecule has 0 amide bonds. The van der Waals surface area contributed by atoms with E-state index < -0.39 is 0 Å². The van der Waals surface area contributed by atoms with Crippen LogP contribution in [-0.4, -0.2) is 44.5 Å². The summed E-state index contributed by atoms with van der Waals surface area (Å²) in [7, 11) is 1.89. The molecule has 88 valence electrons. The summed E-state index contributed by atoms with van der Waals surface area (Å²) < 4.78 is 17.8. The van der Waals surface area contributed by atoms with E-state index in [0.717, 1.165) is 46.5 Å². The van der Waals surface area contributed by atoms with Crippen LogP contribution in [0.5, 0.6) is 0 Å². The molecule has 2 fully saturated rings. The maximum atomic E-state index is 6.19. The Morgan fingerprint density at radius 3 is 1.60 bits per heavy atom. The van der Waals surface area contributed by atoms with Crippen LogP contribution in [0.4, 0.5) is 0 Å². The molecule has 2 heterocycles. The Morgan fingerprint density at radius 1 is 0.800 bits per heavy atom. The first-order valence-corrected chi connectivity index (χ1v) is 8.10. The Morgan fingerprint density at radius 2 is 1.27 bits per heavy atom. The van der Waals surface area contributed by atoms with E-state index in [2.05, 4.69) is 0 Å². The van der Waals surface area contributed by atoms with Crippen molar-refractivity contribution in [3.63, 3.8) is 0 Å². The van der Waals surface area contributed by atoms with Crippen molar-refractivity contribution in [1.29, 1.82) is 0 Å². The molecule has 0 saturated carbocycles. The largest absolute Gasteiger partial charge is 0.355 e. The maximum absolute atomic E-state index is 6.19. The van der Waals surface area contributed by atoms with Crippen molar-refractivity contribution < 1.29 is 14.2 Å². The smallest absolute Gasteiger partial charge is 0.144 e. The van der Waals surface area contributed by atoms with E-state index >= 15 is 0 Å². The summed E-state index contributed by atoms with van der Waals surface area (Å²) in [6.07, 6.45) is 6.96. The summed E-state index contributed by atoms with van der Waals surface area (Å²) in [5.41, 5.74) is -0.505. The molecule has 5 heteroatoms. The molecule has 0 bridgehead atoms. The van der Waals surface area contributed by atoms with Crippen LogP contribution in [0.2, 0.25) is 0 Å². The molecule has 2 saturated heterocycles. The van der Waals surface area contributed by atoms with E-state index in [1.54, 1.807) is 0 Å². The summed E-state index contributed by atoms with van der Waals surface area (Å²) in [6, 6.07) is 0. The Hall–Kier alpha value is 0.314. The van der Waals surface area contributed by atoms with E-state index in [1.165, 1.54) is 25.7 Å². The van der Waals surface area contributed by atoms with Crippen molar-refractivity contribution in [2.75, 3.05) is 13.2 Å². The molecule has 2 aliphatic heterocycles. The number of ether oxygens (including phenoxy) is 3.